The first-order chi connectivity index (χ1) is 67.3. The van der Waals surface area contributed by atoms with E-state index in [4.69, 9.17) is 69.1 Å². The summed E-state index contributed by atoms with van der Waals surface area (Å²) in [7, 11) is 4.41. The molecule has 18 aromatic rings. The number of benzene rings is 12. The van der Waals surface area contributed by atoms with E-state index in [9.17, 15) is 62.3 Å². The number of para-hydroxylation sites is 6. The van der Waals surface area contributed by atoms with Crippen LogP contribution in [0.4, 0.5) is 0 Å². The van der Waals surface area contributed by atoms with Crippen molar-refractivity contribution in [3.05, 3.63) is 333 Å². The monoisotopic (exact) mass is 1890 g/mol. The number of fused-ring (bicyclic) bond motifs is 6. The van der Waals surface area contributed by atoms with Crippen LogP contribution in [-0.2, 0) is 28.8 Å². The molecule has 0 aliphatic carbocycles. The predicted octanol–water partition coefficient (Wildman–Crippen LogP) is 18.6. The van der Waals surface area contributed by atoms with Crippen LogP contribution in [0.15, 0.2) is 304 Å². The van der Waals surface area contributed by atoms with Crippen molar-refractivity contribution < 1.29 is 103 Å². The smallest absolute Gasteiger partial charge is 0.347 e. The standard InChI is InChI=1S/C19H15NO5.2C18H15NO5.C18H15NO4.C17H13NO5.C16H11NO4/c1-10-8-15(14(11(2)21)9-17(10)24-12(3)22)18-20-16-7-5-4-6-13(16)19(23)25-18;1-3-16(20)23-11-8-9-13(15(10-11)22-2)17-19-14-7-5-4-6-12(14)18(21)24-17;1-3-16(20)23-14-9-8-11(10-15(14)22-2)17-19-13-7-5-4-6-12(13)18(21)24-17;1-10-9-16(22-12(3)20)11(2)8-14(10)17-19-15-7-5-4-6-13(15)18(21)23-17;1-10(19)22-11-7-8-13(15(9-11)21-2)16-18-14-6-4-3-5-12(14)17(20)23-16;1-10(18)20-12-8-6-11(7-9-12)15-17-14-5-3-2-4-13(14)16(19)21-15/h4-9H,1-3H3;2*4-10H,3H2,1-2H3;4-9H,1-3H3;3-9H,1-2H3;2-9H,1H3. The summed E-state index contributed by atoms with van der Waals surface area (Å²) < 4.78 is 78.2. The van der Waals surface area contributed by atoms with E-state index in [1.807, 2.05) is 26.0 Å². The van der Waals surface area contributed by atoms with E-state index in [2.05, 4.69) is 29.9 Å². The molecule has 18 rings (SSSR count). The van der Waals surface area contributed by atoms with Crippen LogP contribution in [0.2, 0.25) is 0 Å². The van der Waals surface area contributed by atoms with Gasteiger partial charge in [-0.05, 0) is 208 Å². The summed E-state index contributed by atoms with van der Waals surface area (Å²) in [6.45, 7) is 15.5. The first kappa shape index (κ1) is 98.9. The van der Waals surface area contributed by atoms with E-state index in [-0.39, 0.29) is 83.2 Å². The molecule has 0 radical (unpaired) electrons. The fraction of sp³-hybridized carbons (Fsp3) is 0.142. The number of hydrogen-bond acceptors (Lipinski definition) is 34. The second kappa shape index (κ2) is 44.9. The molecular formula is C106H84N6O28. The minimum Gasteiger partial charge on any atom is -0.496 e. The summed E-state index contributed by atoms with van der Waals surface area (Å²) in [6, 6.07) is 69.2. The lowest BCUT2D eigenvalue weighted by Gasteiger charge is -2.11. The Labute approximate surface area is 792 Å². The SMILES string of the molecule is CC(=O)Oc1cc(C(C)=O)c(-c2nc3ccccc3c(=O)o2)cc1C.CC(=O)Oc1cc(C)c(-c2nc3ccccc3c(=O)o2)cc1C.CC(=O)Oc1ccc(-c2nc3ccccc3c(=O)o2)cc1.CCC(=O)Oc1ccc(-c2nc3ccccc3c(=O)o2)c(OC)c1.CCC(=O)Oc1ccc(-c2nc3ccccc3c(=O)o2)cc1OC.COc1cc(OC(C)=O)ccc1-c1nc2ccccc2c(=O)o1. The highest BCUT2D eigenvalue weighted by atomic mass is 16.6. The van der Waals surface area contributed by atoms with Gasteiger partial charge in [0.05, 0.1) is 97.9 Å². The lowest BCUT2D eigenvalue weighted by Crippen LogP contribution is -2.08. The molecule has 0 unspecified atom stereocenters. The molecule has 0 atom stereocenters. The van der Waals surface area contributed by atoms with Gasteiger partial charge in [-0.25, -0.2) is 58.7 Å². The number of carbonyl (C=O) groups excluding carboxylic acids is 7. The van der Waals surface area contributed by atoms with E-state index in [0.717, 1.165) is 11.1 Å². The first-order valence-corrected chi connectivity index (χ1v) is 42.8. The average molecular weight is 1890 g/mol. The zero-order chi connectivity index (χ0) is 100. The van der Waals surface area contributed by atoms with Gasteiger partial charge in [0.15, 0.2) is 17.3 Å². The maximum absolute atomic E-state index is 12.2. The number of carbonyl (C=O) groups is 7. The van der Waals surface area contributed by atoms with Gasteiger partial charge in [-0.3, -0.25) is 33.6 Å². The molecule has 0 fully saturated rings. The van der Waals surface area contributed by atoms with Crippen molar-refractivity contribution >= 4 is 107 Å². The van der Waals surface area contributed by atoms with Crippen molar-refractivity contribution in [2.75, 3.05) is 21.3 Å². The van der Waals surface area contributed by atoms with Crippen molar-refractivity contribution in [2.45, 2.75) is 82.1 Å². The summed E-state index contributed by atoms with van der Waals surface area (Å²) in [5.41, 5.74) is 6.14. The highest BCUT2D eigenvalue weighted by molar-refractivity contribution is 6.01. The Kier molecular flexibility index (Phi) is 31.7. The van der Waals surface area contributed by atoms with Crippen LogP contribution < -0.4 is 76.4 Å². The van der Waals surface area contributed by atoms with E-state index in [1.54, 1.807) is 245 Å². The largest absolute Gasteiger partial charge is 0.496 e. The van der Waals surface area contributed by atoms with Gasteiger partial charge in [-0.2, -0.15) is 0 Å². The summed E-state index contributed by atoms with van der Waals surface area (Å²) in [5, 5.41) is 2.49. The highest BCUT2D eigenvalue weighted by Crippen LogP contribution is 2.38. The molecule has 140 heavy (non-hydrogen) atoms. The van der Waals surface area contributed by atoms with Gasteiger partial charge in [0.25, 0.3) is 0 Å². The van der Waals surface area contributed by atoms with Gasteiger partial charge in [0.2, 0.25) is 35.3 Å². The van der Waals surface area contributed by atoms with Crippen molar-refractivity contribution in [3.8, 4) is 120 Å². The number of aryl methyl sites for hydroxylation is 3. The second-order valence-electron chi connectivity index (χ2n) is 30.2. The normalized spacial score (nSPS) is 10.6. The summed E-state index contributed by atoms with van der Waals surface area (Å²) >= 11 is 0. The zero-order valence-electron chi connectivity index (χ0n) is 77.2. The third-order valence-corrected chi connectivity index (χ3v) is 20.3. The van der Waals surface area contributed by atoms with Crippen LogP contribution in [-0.4, -0.2) is 92.8 Å². The van der Waals surface area contributed by atoms with Gasteiger partial charge in [-0.1, -0.05) is 86.6 Å². The van der Waals surface area contributed by atoms with E-state index in [1.165, 1.54) is 68.1 Å². The summed E-state index contributed by atoms with van der Waals surface area (Å²) in [4.78, 5) is 178. The molecule has 0 saturated heterocycles. The number of nitrogens with zero attached hydrogens (tertiary/aromatic N) is 6. The van der Waals surface area contributed by atoms with E-state index >= 15 is 0 Å². The van der Waals surface area contributed by atoms with Gasteiger partial charge in [-0.15, -0.1) is 0 Å². The third-order valence-electron chi connectivity index (χ3n) is 20.3. The maximum atomic E-state index is 12.2. The molecule has 0 aliphatic rings. The molecule has 0 amide bonds. The molecule has 34 nitrogen and oxygen atoms in total. The minimum atomic E-state index is -0.531. The Morgan fingerprint density at radius 3 is 0.921 bits per heavy atom. The zero-order valence-corrected chi connectivity index (χ0v) is 77.2. The second-order valence-corrected chi connectivity index (χ2v) is 30.2. The lowest BCUT2D eigenvalue weighted by atomic mass is 10.0. The van der Waals surface area contributed by atoms with E-state index < -0.39 is 51.7 Å². The topological polar surface area (TPSA) is 461 Å². The van der Waals surface area contributed by atoms with Crippen molar-refractivity contribution in [2.24, 2.45) is 0 Å². The quantitative estimate of drug-likeness (QED) is 0.0437. The van der Waals surface area contributed by atoms with Crippen LogP contribution in [0.3, 0.4) is 0 Å². The Hall–Kier alpha value is -18.6. The lowest BCUT2D eigenvalue weighted by molar-refractivity contribution is -0.135. The molecular weight excluding hydrogens is 1810 g/mol. The molecule has 0 N–H and O–H groups in total. The van der Waals surface area contributed by atoms with Crippen molar-refractivity contribution in [1.29, 1.82) is 0 Å². The Morgan fingerprint density at radius 1 is 0.257 bits per heavy atom. The summed E-state index contributed by atoms with van der Waals surface area (Å²) in [6.07, 6.45) is 0.525. The van der Waals surface area contributed by atoms with Crippen LogP contribution >= 0.6 is 0 Å². The van der Waals surface area contributed by atoms with Gasteiger partial charge in [0.1, 0.15) is 40.2 Å². The van der Waals surface area contributed by atoms with Crippen molar-refractivity contribution in [3.63, 3.8) is 0 Å². The number of Topliss-reactive ketones (excluding diaryl/α,β-unsaturated/α-hetero) is 1. The molecule has 0 spiro atoms. The van der Waals surface area contributed by atoms with Crippen molar-refractivity contribution in [1.82, 2.24) is 29.9 Å². The number of esters is 6. The molecule has 6 aromatic heterocycles. The maximum Gasteiger partial charge on any atom is 0.347 e. The molecule has 706 valence electrons. The van der Waals surface area contributed by atoms with Gasteiger partial charge in [0, 0.05) is 80.5 Å². The first-order valence-electron chi connectivity index (χ1n) is 42.8. The van der Waals surface area contributed by atoms with E-state index in [0.29, 0.717) is 150 Å². The molecule has 6 heterocycles. The van der Waals surface area contributed by atoms with Crippen LogP contribution in [0.1, 0.15) is 88.4 Å². The average Bonchev–Trinajstić information content (AvgIpc) is 0.772. The number of ketones is 1. The Morgan fingerprint density at radius 2 is 0.557 bits per heavy atom. The number of methoxy groups -OCH3 is 3. The number of aromatic nitrogens is 6. The number of rotatable bonds is 18. The Balaban J connectivity index is 0.000000142. The molecule has 0 saturated carbocycles. The van der Waals surface area contributed by atoms with Gasteiger partial charge < -0.3 is 69.1 Å². The fourth-order valence-corrected chi connectivity index (χ4v) is 13.6. The van der Waals surface area contributed by atoms with Crippen LogP contribution in [0.5, 0.6) is 51.7 Å². The molecule has 0 aliphatic heterocycles. The Bertz CT molecular complexity index is 8240. The fourth-order valence-electron chi connectivity index (χ4n) is 13.6. The molecule has 12 aromatic carbocycles. The van der Waals surface area contributed by atoms with Gasteiger partial charge >= 0.3 is 69.6 Å². The number of ether oxygens (including phenoxy) is 9. The summed E-state index contributed by atoms with van der Waals surface area (Å²) in [5.74, 6) is 1.63. The van der Waals surface area contributed by atoms with Crippen LogP contribution in [0.25, 0.3) is 134 Å². The third kappa shape index (κ3) is 24.3. The minimum absolute atomic E-state index is 0.0476. The van der Waals surface area contributed by atoms with Crippen LogP contribution in [0, 0.1) is 20.8 Å². The molecule has 0 bridgehead atoms. The highest BCUT2D eigenvalue weighted by Gasteiger charge is 2.24. The predicted molar refractivity (Wildman–Crippen MR) is 515 cm³/mol. The molecule has 34 heteroatoms. The number of hydrogen-bond donors (Lipinski definition) is 0.